The van der Waals surface area contributed by atoms with Crippen LogP contribution in [-0.4, -0.2) is 16.0 Å². The molecule has 1 atom stereocenters. The smallest absolute Gasteiger partial charge is 0.193 e. The average Bonchev–Trinajstić information content (AvgIpc) is 3.11. The van der Waals surface area contributed by atoms with Crippen molar-refractivity contribution in [3.8, 4) is 5.75 Å². The van der Waals surface area contributed by atoms with Crippen molar-refractivity contribution in [1.29, 1.82) is 0 Å². The number of imidazole rings is 1. The largest absolute Gasteiger partial charge is 0.493 e. The molecule has 0 fully saturated rings. The fourth-order valence-electron chi connectivity index (χ4n) is 2.65. The monoisotopic (exact) mass is 285 g/mol. The summed E-state index contributed by atoms with van der Waals surface area (Å²) in [5.74, 6) is 1.00. The van der Waals surface area contributed by atoms with E-state index in [4.69, 9.17) is 10.5 Å². The van der Waals surface area contributed by atoms with Crippen LogP contribution >= 0.6 is 11.3 Å². The summed E-state index contributed by atoms with van der Waals surface area (Å²) in [6.07, 6.45) is 5.82. The second kappa shape index (κ2) is 4.61. The Morgan fingerprint density at radius 2 is 2.40 bits per heavy atom. The van der Waals surface area contributed by atoms with Gasteiger partial charge in [0.05, 0.1) is 12.3 Å². The Morgan fingerprint density at radius 3 is 3.30 bits per heavy atom. The lowest BCUT2D eigenvalue weighted by molar-refractivity contribution is 0.357. The van der Waals surface area contributed by atoms with Crippen LogP contribution in [0.15, 0.2) is 36.0 Å². The molecule has 1 aliphatic heterocycles. The van der Waals surface area contributed by atoms with Crippen LogP contribution in [-0.2, 0) is 12.8 Å². The molecule has 2 aromatic heterocycles. The van der Waals surface area contributed by atoms with Gasteiger partial charge >= 0.3 is 0 Å². The molecule has 1 aliphatic rings. The second-order valence-corrected chi connectivity index (χ2v) is 5.97. The molecule has 3 aromatic rings. The number of hydrogen-bond acceptors (Lipinski definition) is 4. The molecule has 0 bridgehead atoms. The number of rotatable bonds is 3. The summed E-state index contributed by atoms with van der Waals surface area (Å²) >= 11 is 1.64. The Balaban J connectivity index is 1.57. The summed E-state index contributed by atoms with van der Waals surface area (Å²) in [5.41, 5.74) is 9.79. The minimum absolute atomic E-state index is 0.0227. The van der Waals surface area contributed by atoms with E-state index in [2.05, 4.69) is 23.3 Å². The van der Waals surface area contributed by atoms with Gasteiger partial charge in [-0.2, -0.15) is 0 Å². The fourth-order valence-corrected chi connectivity index (χ4v) is 3.37. The highest BCUT2D eigenvalue weighted by molar-refractivity contribution is 7.15. The Bertz CT molecular complexity index is 733. The van der Waals surface area contributed by atoms with Gasteiger partial charge in [0.1, 0.15) is 5.75 Å². The molecule has 1 unspecified atom stereocenters. The predicted molar refractivity (Wildman–Crippen MR) is 79.3 cm³/mol. The van der Waals surface area contributed by atoms with E-state index in [1.54, 1.807) is 11.3 Å². The highest BCUT2D eigenvalue weighted by atomic mass is 32.1. The van der Waals surface area contributed by atoms with Gasteiger partial charge in [0.2, 0.25) is 0 Å². The van der Waals surface area contributed by atoms with Gasteiger partial charge in [-0.3, -0.25) is 4.40 Å². The van der Waals surface area contributed by atoms with Gasteiger partial charge < -0.3 is 10.5 Å². The first-order chi connectivity index (χ1) is 9.79. The molecular formula is C15H15N3OS. The van der Waals surface area contributed by atoms with Crippen molar-refractivity contribution in [2.75, 3.05) is 6.61 Å². The molecule has 2 N–H and O–H groups in total. The van der Waals surface area contributed by atoms with Gasteiger partial charge in [0, 0.05) is 36.7 Å². The van der Waals surface area contributed by atoms with E-state index in [0.29, 0.717) is 0 Å². The van der Waals surface area contributed by atoms with E-state index < -0.39 is 0 Å². The third kappa shape index (κ3) is 1.99. The van der Waals surface area contributed by atoms with Crippen LogP contribution in [0.25, 0.3) is 4.96 Å². The lowest BCUT2D eigenvalue weighted by atomic mass is 10.00. The summed E-state index contributed by atoms with van der Waals surface area (Å²) < 4.78 is 7.57. The molecule has 0 saturated heterocycles. The first-order valence-electron chi connectivity index (χ1n) is 6.72. The van der Waals surface area contributed by atoms with E-state index in [1.807, 2.05) is 22.0 Å². The SMILES string of the molecule is NC(Cc1cn2ccsc2n1)c1ccc2c(c1)CCO2. The molecule has 1 aromatic carbocycles. The van der Waals surface area contributed by atoms with Gasteiger partial charge in [0.15, 0.2) is 4.96 Å². The molecule has 5 heteroatoms. The van der Waals surface area contributed by atoms with Gasteiger partial charge in [-0.05, 0) is 17.2 Å². The van der Waals surface area contributed by atoms with Crippen molar-refractivity contribution in [1.82, 2.24) is 9.38 Å². The molecule has 0 spiro atoms. The molecule has 4 rings (SSSR count). The maximum absolute atomic E-state index is 6.33. The zero-order valence-electron chi connectivity index (χ0n) is 11.0. The number of hydrogen-bond donors (Lipinski definition) is 1. The quantitative estimate of drug-likeness (QED) is 0.804. The minimum atomic E-state index is -0.0227. The number of benzene rings is 1. The van der Waals surface area contributed by atoms with Crippen molar-refractivity contribution < 1.29 is 4.74 Å². The molecule has 4 nitrogen and oxygen atoms in total. The molecule has 0 aliphatic carbocycles. The lowest BCUT2D eigenvalue weighted by Gasteiger charge is -2.11. The zero-order chi connectivity index (χ0) is 13.5. The van der Waals surface area contributed by atoms with Crippen molar-refractivity contribution in [3.63, 3.8) is 0 Å². The van der Waals surface area contributed by atoms with Gasteiger partial charge in [-0.15, -0.1) is 11.3 Å². The third-order valence-electron chi connectivity index (χ3n) is 3.71. The molecule has 102 valence electrons. The maximum atomic E-state index is 6.33. The Morgan fingerprint density at radius 1 is 1.45 bits per heavy atom. The molecule has 20 heavy (non-hydrogen) atoms. The van der Waals surface area contributed by atoms with E-state index in [0.717, 1.165) is 41.4 Å². The molecule has 0 radical (unpaired) electrons. The number of nitrogens with zero attached hydrogens (tertiary/aromatic N) is 2. The van der Waals surface area contributed by atoms with E-state index in [9.17, 15) is 0 Å². The van der Waals surface area contributed by atoms with E-state index in [-0.39, 0.29) is 6.04 Å². The van der Waals surface area contributed by atoms with E-state index >= 15 is 0 Å². The van der Waals surface area contributed by atoms with Crippen LogP contribution in [0.2, 0.25) is 0 Å². The summed E-state index contributed by atoms with van der Waals surface area (Å²) in [5, 5.41) is 2.03. The van der Waals surface area contributed by atoms with Crippen molar-refractivity contribution >= 4 is 16.3 Å². The van der Waals surface area contributed by atoms with Crippen molar-refractivity contribution in [3.05, 3.63) is 52.8 Å². The summed E-state index contributed by atoms with van der Waals surface area (Å²) in [6.45, 7) is 0.783. The Kier molecular flexibility index (Phi) is 2.75. The lowest BCUT2D eigenvalue weighted by Crippen LogP contribution is -2.13. The summed E-state index contributed by atoms with van der Waals surface area (Å²) in [7, 11) is 0. The molecular weight excluding hydrogens is 270 g/mol. The Hall–Kier alpha value is -1.85. The van der Waals surface area contributed by atoms with E-state index in [1.165, 1.54) is 5.56 Å². The number of fused-ring (bicyclic) bond motifs is 2. The molecule has 0 amide bonds. The average molecular weight is 285 g/mol. The van der Waals surface area contributed by atoms with Crippen LogP contribution in [0, 0.1) is 0 Å². The van der Waals surface area contributed by atoms with Gasteiger partial charge in [-0.1, -0.05) is 12.1 Å². The van der Waals surface area contributed by atoms with Gasteiger partial charge in [-0.25, -0.2) is 4.98 Å². The highest BCUT2D eigenvalue weighted by Crippen LogP contribution is 2.28. The number of nitrogens with two attached hydrogens (primary N) is 1. The van der Waals surface area contributed by atoms with Gasteiger partial charge in [0.25, 0.3) is 0 Å². The minimum Gasteiger partial charge on any atom is -0.493 e. The summed E-state index contributed by atoms with van der Waals surface area (Å²) in [4.78, 5) is 5.61. The zero-order valence-corrected chi connectivity index (χ0v) is 11.8. The topological polar surface area (TPSA) is 52.5 Å². The fraction of sp³-hybridized carbons (Fsp3) is 0.267. The normalized spacial score (nSPS) is 15.2. The standard InChI is InChI=1S/C15H15N3OS/c16-13(8-12-9-18-4-6-20-15(18)17-12)10-1-2-14-11(7-10)3-5-19-14/h1-2,4,6-7,9,13H,3,5,8,16H2. The van der Waals surface area contributed by atoms with Crippen LogP contribution in [0.5, 0.6) is 5.75 Å². The first-order valence-corrected chi connectivity index (χ1v) is 7.60. The maximum Gasteiger partial charge on any atom is 0.193 e. The summed E-state index contributed by atoms with van der Waals surface area (Å²) in [6, 6.07) is 6.24. The van der Waals surface area contributed by atoms with Crippen LogP contribution in [0.3, 0.4) is 0 Å². The van der Waals surface area contributed by atoms with Crippen molar-refractivity contribution in [2.24, 2.45) is 5.73 Å². The third-order valence-corrected chi connectivity index (χ3v) is 4.48. The van der Waals surface area contributed by atoms with Crippen LogP contribution in [0.1, 0.15) is 22.9 Å². The number of aromatic nitrogens is 2. The second-order valence-electron chi connectivity index (χ2n) is 5.10. The molecule has 0 saturated carbocycles. The first kappa shape index (κ1) is 11.9. The Labute approximate surface area is 120 Å². The number of thiazole rings is 1. The highest BCUT2D eigenvalue weighted by Gasteiger charge is 2.16. The number of ether oxygens (including phenoxy) is 1. The predicted octanol–water partition coefficient (Wildman–Crippen LogP) is 2.57. The van der Waals surface area contributed by atoms with Crippen LogP contribution in [0.4, 0.5) is 0 Å². The molecule has 3 heterocycles. The van der Waals surface area contributed by atoms with Crippen LogP contribution < -0.4 is 10.5 Å². The van der Waals surface area contributed by atoms with Crippen molar-refractivity contribution in [2.45, 2.75) is 18.9 Å².